The van der Waals surface area contributed by atoms with Crippen LogP contribution in [0.2, 0.25) is 0 Å². The van der Waals surface area contributed by atoms with Crippen molar-refractivity contribution in [2.75, 3.05) is 13.2 Å². The number of alkyl carbamates (subject to hydrolysis) is 1. The highest BCUT2D eigenvalue weighted by Gasteiger charge is 2.52. The second-order valence-electron chi connectivity index (χ2n) is 11.0. The van der Waals surface area contributed by atoms with E-state index in [2.05, 4.69) is 29.6 Å². The first-order valence-electron chi connectivity index (χ1n) is 13.2. The smallest absolute Gasteiger partial charge is 0.449 e. The highest BCUT2D eigenvalue weighted by molar-refractivity contribution is 6.56. The van der Waals surface area contributed by atoms with Crippen molar-refractivity contribution in [3.63, 3.8) is 0 Å². The van der Waals surface area contributed by atoms with Crippen molar-refractivity contribution in [2.24, 2.45) is 5.73 Å². The third-order valence-electron chi connectivity index (χ3n) is 8.01. The Morgan fingerprint density at radius 2 is 1.59 bits per heavy atom. The second kappa shape index (κ2) is 10.6. The molecular weight excluding hydrogens is 494 g/mol. The van der Waals surface area contributed by atoms with Gasteiger partial charge >= 0.3 is 13.2 Å². The summed E-state index contributed by atoms with van der Waals surface area (Å²) in [5.41, 5.74) is 11.4. The highest BCUT2D eigenvalue weighted by atomic mass is 19.1. The second-order valence-corrected chi connectivity index (χ2v) is 11.0. The van der Waals surface area contributed by atoms with Crippen molar-refractivity contribution < 1.29 is 23.2 Å². The number of nitrogens with one attached hydrogen (secondary N) is 1. The van der Waals surface area contributed by atoms with Gasteiger partial charge in [-0.05, 0) is 78.7 Å². The Balaban J connectivity index is 1.33. The van der Waals surface area contributed by atoms with E-state index in [9.17, 15) is 9.18 Å². The number of amides is 1. The molecule has 3 aromatic carbocycles. The van der Waals surface area contributed by atoms with Crippen LogP contribution in [0.25, 0.3) is 17.2 Å². The van der Waals surface area contributed by atoms with E-state index in [4.69, 9.17) is 19.8 Å². The van der Waals surface area contributed by atoms with Gasteiger partial charge in [-0.2, -0.15) is 0 Å². The van der Waals surface area contributed by atoms with E-state index in [1.54, 1.807) is 12.1 Å². The van der Waals surface area contributed by atoms with E-state index in [-0.39, 0.29) is 31.4 Å². The summed E-state index contributed by atoms with van der Waals surface area (Å²) in [5, 5.41) is 2.84. The van der Waals surface area contributed by atoms with Crippen molar-refractivity contribution in [2.45, 2.75) is 51.4 Å². The Kier molecular flexibility index (Phi) is 7.38. The molecule has 1 aliphatic carbocycles. The Morgan fingerprint density at radius 1 is 1.00 bits per heavy atom. The van der Waals surface area contributed by atoms with Crippen LogP contribution in [0.3, 0.4) is 0 Å². The van der Waals surface area contributed by atoms with E-state index >= 15 is 0 Å². The summed E-state index contributed by atoms with van der Waals surface area (Å²) in [7, 11) is -0.738. The lowest BCUT2D eigenvalue weighted by atomic mass is 9.76. The van der Waals surface area contributed by atoms with Gasteiger partial charge in [-0.15, -0.1) is 0 Å². The van der Waals surface area contributed by atoms with E-state index in [1.165, 1.54) is 23.3 Å². The molecule has 2 aliphatic rings. The Bertz CT molecular complexity index is 1360. The molecule has 0 radical (unpaired) electrons. The van der Waals surface area contributed by atoms with Crippen LogP contribution >= 0.6 is 0 Å². The molecule has 1 heterocycles. The number of halogens is 1. The molecule has 0 bridgehead atoms. The first kappa shape index (κ1) is 27.1. The van der Waals surface area contributed by atoms with Gasteiger partial charge in [0.25, 0.3) is 0 Å². The zero-order chi connectivity index (χ0) is 27.8. The quantitative estimate of drug-likeness (QED) is 0.377. The molecule has 3 N–H and O–H groups in total. The molecular formula is C31H34BFN2O4. The molecule has 8 heteroatoms. The minimum absolute atomic E-state index is 0.0411. The number of carbonyl (C=O) groups is 1. The minimum atomic E-state index is -0.738. The van der Waals surface area contributed by atoms with Crippen LogP contribution in [0.4, 0.5) is 9.18 Å². The van der Waals surface area contributed by atoms with Crippen LogP contribution in [-0.2, 0) is 20.6 Å². The fourth-order valence-corrected chi connectivity index (χ4v) is 5.11. The van der Waals surface area contributed by atoms with Crippen LogP contribution < -0.4 is 11.1 Å². The number of carbonyl (C=O) groups excluding carboxylic acids is 1. The van der Waals surface area contributed by atoms with E-state index in [0.29, 0.717) is 11.0 Å². The Morgan fingerprint density at radius 3 is 2.18 bits per heavy atom. The predicted molar refractivity (Wildman–Crippen MR) is 151 cm³/mol. The SMILES string of the molecule is CC1(C)OB(C(=Cc2cc(F)ccc2CN)CNC(=O)OCC2c3ccccc3-c3ccccc32)OC1(C)C. The van der Waals surface area contributed by atoms with Gasteiger partial charge in [0, 0.05) is 19.0 Å². The first-order valence-corrected chi connectivity index (χ1v) is 13.2. The number of benzene rings is 3. The molecule has 1 aliphatic heterocycles. The van der Waals surface area contributed by atoms with Gasteiger partial charge in [-0.1, -0.05) is 60.7 Å². The molecule has 0 atom stereocenters. The Hall–Kier alpha value is -3.46. The molecule has 0 aromatic heterocycles. The summed E-state index contributed by atoms with van der Waals surface area (Å²) in [6.45, 7) is 8.36. The summed E-state index contributed by atoms with van der Waals surface area (Å²) in [4.78, 5) is 12.9. The number of fused-ring (bicyclic) bond motifs is 3. The zero-order valence-electron chi connectivity index (χ0n) is 22.8. The summed E-state index contributed by atoms with van der Waals surface area (Å²) < 4.78 is 32.3. The third-order valence-corrected chi connectivity index (χ3v) is 8.01. The molecule has 5 rings (SSSR count). The van der Waals surface area contributed by atoms with Gasteiger partial charge < -0.3 is 25.1 Å². The van der Waals surface area contributed by atoms with Gasteiger partial charge in [0.2, 0.25) is 0 Å². The van der Waals surface area contributed by atoms with Crippen molar-refractivity contribution in [1.82, 2.24) is 5.32 Å². The van der Waals surface area contributed by atoms with E-state index in [0.717, 1.165) is 16.7 Å². The molecule has 1 amide bonds. The number of hydrogen-bond donors (Lipinski definition) is 2. The summed E-state index contributed by atoms with van der Waals surface area (Å²) in [5.74, 6) is -0.420. The highest BCUT2D eigenvalue weighted by Crippen LogP contribution is 2.44. The normalized spacial score (nSPS) is 17.6. The molecule has 1 saturated heterocycles. The van der Waals surface area contributed by atoms with Crippen LogP contribution in [0.1, 0.15) is 55.9 Å². The molecule has 3 aromatic rings. The minimum Gasteiger partial charge on any atom is -0.449 e. The number of rotatable bonds is 7. The monoisotopic (exact) mass is 528 g/mol. The maximum absolute atomic E-state index is 14.1. The topological polar surface area (TPSA) is 82.8 Å². The fraction of sp³-hybridized carbons (Fsp3) is 0.323. The van der Waals surface area contributed by atoms with Gasteiger partial charge in [0.15, 0.2) is 0 Å². The average Bonchev–Trinajstić information content (AvgIpc) is 3.34. The first-order chi connectivity index (χ1) is 18.6. The summed E-state index contributed by atoms with van der Waals surface area (Å²) in [6.07, 6.45) is 1.22. The van der Waals surface area contributed by atoms with Crippen molar-refractivity contribution in [1.29, 1.82) is 0 Å². The van der Waals surface area contributed by atoms with Crippen molar-refractivity contribution in [3.05, 3.63) is 100 Å². The van der Waals surface area contributed by atoms with Crippen LogP contribution in [0.5, 0.6) is 0 Å². The van der Waals surface area contributed by atoms with Gasteiger partial charge in [-0.25, -0.2) is 9.18 Å². The van der Waals surface area contributed by atoms with Crippen LogP contribution in [0, 0.1) is 5.82 Å². The zero-order valence-corrected chi connectivity index (χ0v) is 22.8. The summed E-state index contributed by atoms with van der Waals surface area (Å²) in [6, 6.07) is 20.8. The third kappa shape index (κ3) is 5.37. The lowest BCUT2D eigenvalue weighted by molar-refractivity contribution is 0.00578. The van der Waals surface area contributed by atoms with E-state index in [1.807, 2.05) is 52.0 Å². The standard InChI is InChI=1S/C31H34BFN2O4/c1-30(2)31(3,4)39-32(38-30)22(15-21-16-23(33)14-13-20(21)17-34)18-35-29(36)37-19-28-26-11-7-5-9-24(26)25-10-6-8-12-27(25)28/h5-16,28H,17-19,34H2,1-4H3,(H,35,36). The van der Waals surface area contributed by atoms with Crippen LogP contribution in [-0.4, -0.2) is 37.6 Å². The van der Waals surface area contributed by atoms with Crippen molar-refractivity contribution >= 4 is 19.3 Å². The van der Waals surface area contributed by atoms with Gasteiger partial charge in [-0.3, -0.25) is 0 Å². The Labute approximate surface area is 229 Å². The largest absolute Gasteiger partial charge is 0.492 e. The van der Waals surface area contributed by atoms with Gasteiger partial charge in [0.1, 0.15) is 12.4 Å². The molecule has 0 unspecified atom stereocenters. The molecule has 1 fully saturated rings. The number of ether oxygens (including phenoxy) is 1. The maximum Gasteiger partial charge on any atom is 0.492 e. The maximum atomic E-state index is 14.1. The van der Waals surface area contributed by atoms with Gasteiger partial charge in [0.05, 0.1) is 11.2 Å². The summed E-state index contributed by atoms with van der Waals surface area (Å²) >= 11 is 0. The van der Waals surface area contributed by atoms with Crippen LogP contribution in [0.15, 0.2) is 72.2 Å². The van der Waals surface area contributed by atoms with E-state index < -0.39 is 24.4 Å². The average molecular weight is 528 g/mol. The number of nitrogens with two attached hydrogens (primary N) is 1. The molecule has 0 spiro atoms. The lowest BCUT2D eigenvalue weighted by Gasteiger charge is -2.32. The molecule has 6 nitrogen and oxygen atoms in total. The van der Waals surface area contributed by atoms with Crippen molar-refractivity contribution in [3.8, 4) is 11.1 Å². The molecule has 0 saturated carbocycles. The molecule has 39 heavy (non-hydrogen) atoms. The fourth-order valence-electron chi connectivity index (χ4n) is 5.11. The predicted octanol–water partition coefficient (Wildman–Crippen LogP) is 5.84. The molecule has 202 valence electrons. The lowest BCUT2D eigenvalue weighted by Crippen LogP contribution is -2.41. The number of hydrogen-bond acceptors (Lipinski definition) is 5.